The molecule has 0 radical (unpaired) electrons. The molecule has 2 N–H and O–H groups in total. The lowest BCUT2D eigenvalue weighted by Crippen LogP contribution is -2.36. The largest absolute Gasteiger partial charge is 0.338 e. The van der Waals surface area contributed by atoms with Crippen LogP contribution in [-0.4, -0.2) is 28.9 Å². The van der Waals surface area contributed by atoms with E-state index in [0.717, 1.165) is 43.4 Å². The molecule has 0 saturated heterocycles. The Morgan fingerprint density at radius 3 is 2.46 bits per heavy atom. The third-order valence-electron chi connectivity index (χ3n) is 4.05. The summed E-state index contributed by atoms with van der Waals surface area (Å²) in [5.41, 5.74) is 1.75. The van der Waals surface area contributed by atoms with Gasteiger partial charge in [0.2, 0.25) is 0 Å². The highest BCUT2D eigenvalue weighted by atomic mass is 16.2. The van der Waals surface area contributed by atoms with Crippen molar-refractivity contribution in [1.29, 1.82) is 0 Å². The maximum atomic E-state index is 12.0. The van der Waals surface area contributed by atoms with Gasteiger partial charge in [-0.1, -0.05) is 50.1 Å². The summed E-state index contributed by atoms with van der Waals surface area (Å²) in [6.07, 6.45) is 4.79. The standard InChI is InChI=1S/C20H28N4O2/c1-2-14-21-20(26)22-15-8-3-4-9-16-24-19(25)13-12-18(23-24)17-10-6-5-7-11-17/h5-7,10-13H,2-4,8-9,14-16H2,1H3,(H2,21,22,26). The van der Waals surface area contributed by atoms with Crippen LogP contribution in [0.4, 0.5) is 4.79 Å². The molecule has 140 valence electrons. The van der Waals surface area contributed by atoms with E-state index in [4.69, 9.17) is 0 Å². The molecule has 0 aliphatic carbocycles. The maximum Gasteiger partial charge on any atom is 0.314 e. The second-order valence-corrected chi connectivity index (χ2v) is 6.24. The Morgan fingerprint density at radius 2 is 1.69 bits per heavy atom. The minimum Gasteiger partial charge on any atom is -0.338 e. The molecule has 26 heavy (non-hydrogen) atoms. The Hall–Kier alpha value is -2.63. The molecular weight excluding hydrogens is 328 g/mol. The van der Waals surface area contributed by atoms with E-state index in [2.05, 4.69) is 15.7 Å². The minimum atomic E-state index is -0.0969. The van der Waals surface area contributed by atoms with Crippen LogP contribution in [0.2, 0.25) is 0 Å². The van der Waals surface area contributed by atoms with Crippen molar-refractivity contribution in [2.45, 2.75) is 45.6 Å². The first kappa shape index (κ1) is 19.7. The van der Waals surface area contributed by atoms with Gasteiger partial charge >= 0.3 is 6.03 Å². The van der Waals surface area contributed by atoms with Crippen molar-refractivity contribution in [1.82, 2.24) is 20.4 Å². The molecule has 2 amide bonds. The molecule has 0 spiro atoms. The van der Waals surface area contributed by atoms with Crippen molar-refractivity contribution >= 4 is 6.03 Å². The molecule has 0 aliphatic rings. The molecule has 6 nitrogen and oxygen atoms in total. The van der Waals surface area contributed by atoms with Crippen LogP contribution in [0.15, 0.2) is 47.3 Å². The van der Waals surface area contributed by atoms with Crippen LogP contribution in [0, 0.1) is 0 Å². The predicted octanol–water partition coefficient (Wildman–Crippen LogP) is 3.18. The average molecular weight is 356 g/mol. The van der Waals surface area contributed by atoms with Gasteiger partial charge in [0.05, 0.1) is 5.69 Å². The second kappa shape index (κ2) is 11.1. The van der Waals surface area contributed by atoms with Crippen LogP contribution < -0.4 is 16.2 Å². The summed E-state index contributed by atoms with van der Waals surface area (Å²) in [7, 11) is 0. The summed E-state index contributed by atoms with van der Waals surface area (Å²) in [5, 5.41) is 10.1. The van der Waals surface area contributed by atoms with E-state index in [0.29, 0.717) is 19.6 Å². The first-order valence-electron chi connectivity index (χ1n) is 9.36. The van der Waals surface area contributed by atoms with E-state index in [-0.39, 0.29) is 11.6 Å². The molecule has 0 aliphatic heterocycles. The minimum absolute atomic E-state index is 0.0704. The number of carbonyl (C=O) groups excluding carboxylic acids is 1. The zero-order chi connectivity index (χ0) is 18.6. The van der Waals surface area contributed by atoms with E-state index in [1.807, 2.05) is 37.3 Å². The molecule has 0 atom stereocenters. The van der Waals surface area contributed by atoms with Crippen LogP contribution >= 0.6 is 0 Å². The SMILES string of the molecule is CCCNC(=O)NCCCCCCn1nc(-c2ccccc2)ccc1=O. The molecule has 2 rings (SSSR count). The van der Waals surface area contributed by atoms with Crippen molar-refractivity contribution in [2.75, 3.05) is 13.1 Å². The molecule has 2 aromatic rings. The maximum absolute atomic E-state index is 12.0. The Balaban J connectivity index is 1.70. The summed E-state index contributed by atoms with van der Waals surface area (Å²) in [5.74, 6) is 0. The number of rotatable bonds is 10. The van der Waals surface area contributed by atoms with E-state index in [1.165, 1.54) is 0 Å². The molecule has 1 heterocycles. The number of aromatic nitrogens is 2. The van der Waals surface area contributed by atoms with E-state index in [9.17, 15) is 9.59 Å². The molecular formula is C20H28N4O2. The first-order valence-corrected chi connectivity index (χ1v) is 9.36. The van der Waals surface area contributed by atoms with Gasteiger partial charge in [-0.2, -0.15) is 5.10 Å². The van der Waals surface area contributed by atoms with Gasteiger partial charge in [-0.25, -0.2) is 9.48 Å². The van der Waals surface area contributed by atoms with Gasteiger partial charge < -0.3 is 10.6 Å². The number of urea groups is 1. The van der Waals surface area contributed by atoms with Gasteiger partial charge in [0, 0.05) is 31.3 Å². The first-order chi connectivity index (χ1) is 12.7. The number of hydrogen-bond acceptors (Lipinski definition) is 3. The molecule has 6 heteroatoms. The molecule has 0 bridgehead atoms. The normalized spacial score (nSPS) is 10.5. The number of unbranched alkanes of at least 4 members (excludes halogenated alkanes) is 3. The fraction of sp³-hybridized carbons (Fsp3) is 0.450. The van der Waals surface area contributed by atoms with Gasteiger partial charge in [0.1, 0.15) is 0 Å². The van der Waals surface area contributed by atoms with Crippen LogP contribution in [0.25, 0.3) is 11.3 Å². The topological polar surface area (TPSA) is 76.0 Å². The Bertz CT molecular complexity index is 728. The zero-order valence-electron chi connectivity index (χ0n) is 15.4. The van der Waals surface area contributed by atoms with Crippen LogP contribution in [0.5, 0.6) is 0 Å². The monoisotopic (exact) mass is 356 g/mol. The molecule has 0 saturated carbocycles. The molecule has 1 aromatic heterocycles. The highest BCUT2D eigenvalue weighted by molar-refractivity contribution is 5.73. The second-order valence-electron chi connectivity index (χ2n) is 6.24. The number of carbonyl (C=O) groups is 1. The Morgan fingerprint density at radius 1 is 0.962 bits per heavy atom. The average Bonchev–Trinajstić information content (AvgIpc) is 2.67. The summed E-state index contributed by atoms with van der Waals surface area (Å²) in [4.78, 5) is 23.4. The smallest absolute Gasteiger partial charge is 0.314 e. The number of aryl methyl sites for hydroxylation is 1. The quantitative estimate of drug-likeness (QED) is 0.642. The lowest BCUT2D eigenvalue weighted by Gasteiger charge is -2.08. The van der Waals surface area contributed by atoms with E-state index < -0.39 is 0 Å². The highest BCUT2D eigenvalue weighted by Crippen LogP contribution is 2.14. The summed E-state index contributed by atoms with van der Waals surface area (Å²) < 4.78 is 1.54. The predicted molar refractivity (Wildman–Crippen MR) is 104 cm³/mol. The number of benzene rings is 1. The van der Waals surface area contributed by atoms with Crippen LogP contribution in [-0.2, 0) is 6.54 Å². The molecule has 0 fully saturated rings. The van der Waals surface area contributed by atoms with Gasteiger partial charge in [0.25, 0.3) is 5.56 Å². The highest BCUT2D eigenvalue weighted by Gasteiger charge is 2.03. The lowest BCUT2D eigenvalue weighted by molar-refractivity contribution is 0.240. The van der Waals surface area contributed by atoms with Crippen molar-refractivity contribution in [3.8, 4) is 11.3 Å². The number of nitrogens with zero attached hydrogens (tertiary/aromatic N) is 2. The van der Waals surface area contributed by atoms with Crippen molar-refractivity contribution in [3.05, 3.63) is 52.8 Å². The van der Waals surface area contributed by atoms with E-state index >= 15 is 0 Å². The van der Waals surface area contributed by atoms with Crippen molar-refractivity contribution in [2.24, 2.45) is 0 Å². The summed E-state index contributed by atoms with van der Waals surface area (Å²) in [6, 6.07) is 13.1. The summed E-state index contributed by atoms with van der Waals surface area (Å²) in [6.45, 7) is 4.02. The lowest BCUT2D eigenvalue weighted by atomic mass is 10.1. The number of amides is 2. The fourth-order valence-corrected chi connectivity index (χ4v) is 2.62. The third-order valence-corrected chi connectivity index (χ3v) is 4.05. The van der Waals surface area contributed by atoms with Crippen LogP contribution in [0.3, 0.4) is 0 Å². The van der Waals surface area contributed by atoms with Crippen molar-refractivity contribution < 1.29 is 4.79 Å². The van der Waals surface area contributed by atoms with Crippen LogP contribution in [0.1, 0.15) is 39.0 Å². The zero-order valence-corrected chi connectivity index (χ0v) is 15.4. The number of hydrogen-bond donors (Lipinski definition) is 2. The van der Waals surface area contributed by atoms with Gasteiger partial charge in [-0.05, 0) is 25.3 Å². The Kier molecular flexibility index (Phi) is 8.39. The summed E-state index contributed by atoms with van der Waals surface area (Å²) >= 11 is 0. The third kappa shape index (κ3) is 6.70. The number of nitrogens with one attached hydrogen (secondary N) is 2. The van der Waals surface area contributed by atoms with Crippen molar-refractivity contribution in [3.63, 3.8) is 0 Å². The fourth-order valence-electron chi connectivity index (χ4n) is 2.62. The van der Waals surface area contributed by atoms with E-state index in [1.54, 1.807) is 16.8 Å². The van der Waals surface area contributed by atoms with Gasteiger partial charge in [-0.3, -0.25) is 4.79 Å². The molecule has 0 unspecified atom stereocenters. The molecule has 1 aromatic carbocycles. The van der Waals surface area contributed by atoms with Gasteiger partial charge in [-0.15, -0.1) is 0 Å². The Labute approximate surface area is 154 Å². The van der Waals surface area contributed by atoms with Gasteiger partial charge in [0.15, 0.2) is 0 Å².